The van der Waals surface area contributed by atoms with E-state index in [0.717, 1.165) is 24.5 Å². The number of hydrogen-bond acceptors (Lipinski definition) is 18. The largest absolute Gasteiger partial charge is 0.391 e. The van der Waals surface area contributed by atoms with Crippen molar-refractivity contribution in [2.75, 3.05) is 18.6 Å². The number of carbonyl (C=O) groups is 10. The average Bonchev–Trinajstić information content (AvgIpc) is 3.60. The number of aliphatic hydroxyl groups is 1. The van der Waals surface area contributed by atoms with Gasteiger partial charge in [0.05, 0.1) is 40.6 Å². The molecule has 0 aliphatic heterocycles. The highest BCUT2D eigenvalue weighted by Gasteiger charge is 2.35. The van der Waals surface area contributed by atoms with Crippen LogP contribution in [0.3, 0.4) is 0 Å². The van der Waals surface area contributed by atoms with Crippen molar-refractivity contribution in [2.24, 2.45) is 29.0 Å². The summed E-state index contributed by atoms with van der Waals surface area (Å²) < 4.78 is 1.17. The van der Waals surface area contributed by atoms with Gasteiger partial charge in [-0.05, 0) is 74.7 Å². The number of non-ortho nitro benzene ring substituents is 1. The van der Waals surface area contributed by atoms with E-state index in [9.17, 15) is 73.3 Å². The summed E-state index contributed by atoms with van der Waals surface area (Å²) in [7, 11) is 0. The Morgan fingerprint density at radius 3 is 1.94 bits per heavy atom. The number of hydrogen-bond donors (Lipinski definition) is 13. The Hall–Kier alpha value is -9.04. The van der Waals surface area contributed by atoms with Crippen LogP contribution in [0.2, 0.25) is 0 Å². The number of H-pyrrole nitrogens is 1. The maximum Gasteiger partial charge on any atom is 0.300 e. The second kappa shape index (κ2) is 32.1. The summed E-state index contributed by atoms with van der Waals surface area (Å²) in [6.45, 7) is 8.44. The topological polar surface area (TPSA) is 485 Å². The van der Waals surface area contributed by atoms with Gasteiger partial charge in [0.25, 0.3) is 11.4 Å². The number of nitro benzene ring substituents is 2. The van der Waals surface area contributed by atoms with Gasteiger partial charge in [-0.15, -0.1) is 0 Å². The lowest BCUT2D eigenvalue weighted by atomic mass is 10.0. The fourth-order valence-corrected chi connectivity index (χ4v) is 9.01. The number of nitrogens with one attached hydrogen (secondary N) is 9. The number of amides is 10. The van der Waals surface area contributed by atoms with Gasteiger partial charge in [-0.2, -0.15) is 11.8 Å². The number of primary amides is 2. The highest BCUT2D eigenvalue weighted by Crippen LogP contribution is 2.28. The molecule has 2 heterocycles. The van der Waals surface area contributed by atoms with Gasteiger partial charge >= 0.3 is 0 Å². The first-order chi connectivity index (χ1) is 40.0. The van der Waals surface area contributed by atoms with Crippen LogP contribution >= 0.6 is 11.8 Å². The minimum Gasteiger partial charge on any atom is -0.391 e. The number of thioether (sulfide) groups is 1. The molecule has 9 atom stereocenters. The molecule has 32 heteroatoms. The molecule has 0 unspecified atom stereocenters. The van der Waals surface area contributed by atoms with E-state index in [1.54, 1.807) is 64.4 Å². The van der Waals surface area contributed by atoms with Crippen LogP contribution in [0, 0.1) is 32.1 Å². The Kier molecular flexibility index (Phi) is 25.9. The summed E-state index contributed by atoms with van der Waals surface area (Å²) >= 11 is 1.41. The predicted octanol–water partition coefficient (Wildman–Crippen LogP) is -1.60. The van der Waals surface area contributed by atoms with Crippen LogP contribution in [0.5, 0.6) is 0 Å². The van der Waals surface area contributed by atoms with Gasteiger partial charge in [0.2, 0.25) is 59.1 Å². The standard InChI is InChI=1S/C53H74N16O15S/c1-26(2)18-37(50(77)62-35(46(56)73)16-17-85-7)64-51(78)39(20-31-24-67(25-59-31)40-14-12-32(68(81)82)21-41(40)69(83)84)61-43(72)23-58-53(80)45(27(3)4)66-47(74)28(5)60-49(76)38(19-30-22-57-34-11-9-8-10-33(30)34)65-48(75)36(13-15-42(54)71)63-52(79)44(55)29(6)70/h8-12,14,21-22,24-29,35-39,44-45,57,70H,13,15-20,23,55H2,1-7H3,(H2,54,71)(H2,56,73)(H,58,80)(H,60,76)(H,61,72)(H,62,77)(H,63,79)(H,64,78)(H,65,75)(H,66,74)/t28-,29+,35-,36-,37-,38-,39-,44-,45-/m0/s1. The second-order valence-electron chi connectivity index (χ2n) is 20.9. The second-order valence-corrected chi connectivity index (χ2v) is 21.8. The van der Waals surface area contributed by atoms with Gasteiger partial charge in [0.1, 0.15) is 54.0 Å². The molecule has 0 saturated carbocycles. The van der Waals surface area contributed by atoms with Crippen molar-refractivity contribution in [1.82, 2.24) is 57.1 Å². The molecule has 0 bridgehead atoms. The normalized spacial score (nSPS) is 14.4. The number of aromatic amines is 1. The van der Waals surface area contributed by atoms with Crippen molar-refractivity contribution in [3.63, 3.8) is 0 Å². The Bertz CT molecular complexity index is 3090. The molecular weight excluding hydrogens is 1130 g/mol. The van der Waals surface area contributed by atoms with Crippen LogP contribution in [0.15, 0.2) is 61.2 Å². The highest BCUT2D eigenvalue weighted by molar-refractivity contribution is 7.98. The summed E-state index contributed by atoms with van der Waals surface area (Å²) in [6.07, 6.45) is 3.45. The molecule has 0 fully saturated rings. The van der Waals surface area contributed by atoms with Crippen LogP contribution in [0.4, 0.5) is 11.4 Å². The number of benzene rings is 2. The average molecular weight is 1210 g/mol. The number of aromatic nitrogens is 3. The van der Waals surface area contributed by atoms with E-state index < -0.39 is 154 Å². The molecule has 462 valence electrons. The van der Waals surface area contributed by atoms with E-state index in [1.807, 2.05) is 0 Å². The number of carbonyl (C=O) groups excluding carboxylic acids is 10. The number of fused-ring (bicyclic) bond motifs is 1. The van der Waals surface area contributed by atoms with E-state index >= 15 is 0 Å². The van der Waals surface area contributed by atoms with Gasteiger partial charge in [-0.1, -0.05) is 45.9 Å². The molecule has 16 N–H and O–H groups in total. The first-order valence-electron chi connectivity index (χ1n) is 26.9. The van der Waals surface area contributed by atoms with Gasteiger partial charge in [0, 0.05) is 48.6 Å². The monoisotopic (exact) mass is 1210 g/mol. The van der Waals surface area contributed by atoms with E-state index in [2.05, 4.69) is 52.5 Å². The minimum absolute atomic E-state index is 0.0512. The molecular formula is C53H74N16O15S. The number of nitrogens with two attached hydrogens (primary N) is 3. The Morgan fingerprint density at radius 2 is 1.33 bits per heavy atom. The zero-order valence-corrected chi connectivity index (χ0v) is 48.7. The number of para-hydroxylation sites is 1. The maximum absolute atomic E-state index is 14.3. The van der Waals surface area contributed by atoms with Gasteiger partial charge in [-0.3, -0.25) is 72.7 Å². The van der Waals surface area contributed by atoms with E-state index in [0.29, 0.717) is 22.2 Å². The summed E-state index contributed by atoms with van der Waals surface area (Å²) in [5.74, 6) is -9.19. The number of aliphatic hydroxyl groups excluding tert-OH is 1. The summed E-state index contributed by atoms with van der Waals surface area (Å²) in [5, 5.41) is 54.1. The fraction of sp³-hybridized carbons (Fsp3) is 0.491. The van der Waals surface area contributed by atoms with Crippen molar-refractivity contribution in [3.05, 3.63) is 92.7 Å². The molecule has 10 amide bonds. The molecule has 0 aliphatic carbocycles. The van der Waals surface area contributed by atoms with Crippen molar-refractivity contribution >= 4 is 93.1 Å². The van der Waals surface area contributed by atoms with Crippen LogP contribution in [-0.2, 0) is 60.8 Å². The molecule has 0 aliphatic rings. The smallest absolute Gasteiger partial charge is 0.300 e. The molecule has 4 aromatic rings. The van der Waals surface area contributed by atoms with Gasteiger partial charge in [-0.25, -0.2) is 4.98 Å². The third-order valence-electron chi connectivity index (χ3n) is 13.2. The number of rotatable bonds is 34. The summed E-state index contributed by atoms with van der Waals surface area (Å²) in [4.78, 5) is 163. The molecule has 2 aromatic carbocycles. The van der Waals surface area contributed by atoms with Crippen molar-refractivity contribution < 1.29 is 62.9 Å². The van der Waals surface area contributed by atoms with Gasteiger partial charge < -0.3 is 69.8 Å². The minimum atomic E-state index is -1.58. The van der Waals surface area contributed by atoms with Crippen molar-refractivity contribution in [2.45, 2.75) is 135 Å². The fourth-order valence-electron chi connectivity index (χ4n) is 8.54. The maximum atomic E-state index is 14.3. The Morgan fingerprint density at radius 1 is 0.718 bits per heavy atom. The van der Waals surface area contributed by atoms with E-state index in [4.69, 9.17) is 17.2 Å². The number of nitrogens with zero attached hydrogens (tertiary/aromatic N) is 4. The lowest BCUT2D eigenvalue weighted by Gasteiger charge is -2.27. The van der Waals surface area contributed by atoms with E-state index in [1.165, 1.54) is 36.4 Å². The molecule has 31 nitrogen and oxygen atoms in total. The lowest BCUT2D eigenvalue weighted by Crippen LogP contribution is -2.60. The zero-order chi connectivity index (χ0) is 63.4. The third kappa shape index (κ3) is 20.7. The van der Waals surface area contributed by atoms with Crippen LogP contribution in [-0.4, -0.2) is 162 Å². The lowest BCUT2D eigenvalue weighted by molar-refractivity contribution is -0.394. The molecule has 2 aromatic heterocycles. The predicted molar refractivity (Wildman–Crippen MR) is 309 cm³/mol. The number of nitro groups is 2. The van der Waals surface area contributed by atoms with E-state index in [-0.39, 0.29) is 49.4 Å². The quantitative estimate of drug-likeness (QED) is 0.0185. The summed E-state index contributed by atoms with van der Waals surface area (Å²) in [5.41, 5.74) is 16.7. The Labute approximate surface area is 491 Å². The van der Waals surface area contributed by atoms with Crippen LogP contribution < -0.4 is 59.7 Å². The molecule has 0 spiro atoms. The molecule has 0 saturated heterocycles. The van der Waals surface area contributed by atoms with Crippen molar-refractivity contribution in [3.8, 4) is 5.69 Å². The van der Waals surface area contributed by atoms with Crippen LogP contribution in [0.1, 0.15) is 78.5 Å². The van der Waals surface area contributed by atoms with Crippen molar-refractivity contribution in [1.29, 1.82) is 0 Å². The third-order valence-corrected chi connectivity index (χ3v) is 13.9. The molecule has 85 heavy (non-hydrogen) atoms. The Balaban J connectivity index is 1.55. The molecule has 0 radical (unpaired) electrons. The SMILES string of the molecule is CSCC[C@H](NC(=O)[C@H](CC(C)C)NC(=O)[C@H](Cc1cn(-c2ccc([N+](=O)[O-])cc2[N+](=O)[O-])cn1)NC(=O)CNC(=O)[C@@H](NC(=O)[C@H](C)NC(=O)[C@H](Cc1c[nH]c2ccccc12)NC(=O)[C@H](CCC(N)=O)NC(=O)[C@@H](N)[C@@H](C)O)C(C)C)C(N)=O. The highest BCUT2D eigenvalue weighted by atomic mass is 32.2. The summed E-state index contributed by atoms with van der Waals surface area (Å²) in [6, 6.07) is -1.06. The molecule has 4 rings (SSSR count). The van der Waals surface area contributed by atoms with Crippen LogP contribution in [0.25, 0.3) is 16.6 Å². The zero-order valence-electron chi connectivity index (χ0n) is 47.9. The first-order valence-corrected chi connectivity index (χ1v) is 28.3. The van der Waals surface area contributed by atoms with Gasteiger partial charge in [0.15, 0.2) is 0 Å². The first kappa shape index (κ1) is 68.5. The number of imidazole rings is 1.